The zero-order chi connectivity index (χ0) is 12.1. The van der Waals surface area contributed by atoms with Crippen LogP contribution in [0.4, 0.5) is 0 Å². The van der Waals surface area contributed by atoms with Gasteiger partial charge in [0.2, 0.25) is 5.91 Å². The van der Waals surface area contributed by atoms with Gasteiger partial charge in [-0.15, -0.1) is 0 Å². The highest BCUT2D eigenvalue weighted by molar-refractivity contribution is 5.73. The lowest BCUT2D eigenvalue weighted by Gasteiger charge is -2.20. The number of ether oxygens (including phenoxy) is 1. The van der Waals surface area contributed by atoms with E-state index in [4.69, 9.17) is 4.74 Å². The van der Waals surface area contributed by atoms with Gasteiger partial charge in [-0.1, -0.05) is 30.3 Å². The van der Waals surface area contributed by atoms with Gasteiger partial charge in [0, 0.05) is 6.92 Å². The van der Waals surface area contributed by atoms with Crippen LogP contribution in [0.3, 0.4) is 0 Å². The minimum Gasteiger partial charge on any atom is -0.371 e. The molecule has 1 aliphatic carbocycles. The van der Waals surface area contributed by atoms with E-state index in [1.165, 1.54) is 5.56 Å². The lowest BCUT2D eigenvalue weighted by atomic mass is 10.2. The van der Waals surface area contributed by atoms with E-state index in [1.807, 2.05) is 18.2 Å². The van der Waals surface area contributed by atoms with E-state index in [-0.39, 0.29) is 18.1 Å². The fourth-order valence-electron chi connectivity index (χ4n) is 2.33. The molecule has 3 nitrogen and oxygen atoms in total. The summed E-state index contributed by atoms with van der Waals surface area (Å²) < 4.78 is 5.89. The summed E-state index contributed by atoms with van der Waals surface area (Å²) in [5, 5.41) is 2.96. The summed E-state index contributed by atoms with van der Waals surface area (Å²) >= 11 is 0. The van der Waals surface area contributed by atoms with Crippen molar-refractivity contribution < 1.29 is 9.53 Å². The van der Waals surface area contributed by atoms with Gasteiger partial charge in [-0.3, -0.25) is 4.79 Å². The van der Waals surface area contributed by atoms with Crippen molar-refractivity contribution in [3.63, 3.8) is 0 Å². The largest absolute Gasteiger partial charge is 0.371 e. The molecule has 2 atom stereocenters. The molecule has 1 aliphatic rings. The third-order valence-electron chi connectivity index (χ3n) is 3.15. The average Bonchev–Trinajstić information content (AvgIpc) is 2.74. The molecule has 0 bridgehead atoms. The van der Waals surface area contributed by atoms with Crippen LogP contribution >= 0.6 is 0 Å². The molecular formula is C14H19NO2. The molecular weight excluding hydrogens is 214 g/mol. The molecule has 0 heterocycles. The number of hydrogen-bond acceptors (Lipinski definition) is 2. The number of nitrogens with one attached hydrogen (secondary N) is 1. The molecule has 1 amide bonds. The van der Waals surface area contributed by atoms with Gasteiger partial charge in [0.15, 0.2) is 0 Å². The summed E-state index contributed by atoms with van der Waals surface area (Å²) in [7, 11) is 0. The highest BCUT2D eigenvalue weighted by Crippen LogP contribution is 2.23. The van der Waals surface area contributed by atoms with Crippen molar-refractivity contribution in [1.82, 2.24) is 5.32 Å². The first-order chi connectivity index (χ1) is 8.25. The van der Waals surface area contributed by atoms with Crippen molar-refractivity contribution in [3.8, 4) is 0 Å². The van der Waals surface area contributed by atoms with Gasteiger partial charge in [-0.05, 0) is 24.8 Å². The van der Waals surface area contributed by atoms with Crippen LogP contribution < -0.4 is 5.32 Å². The number of benzene rings is 1. The minimum absolute atomic E-state index is 0.0326. The van der Waals surface area contributed by atoms with Gasteiger partial charge in [-0.2, -0.15) is 0 Å². The molecule has 0 saturated heterocycles. The number of amides is 1. The summed E-state index contributed by atoms with van der Waals surface area (Å²) in [6.07, 6.45) is 3.36. The number of carbonyl (C=O) groups excluding carboxylic acids is 1. The number of carbonyl (C=O) groups is 1. The Kier molecular flexibility index (Phi) is 4.15. The first kappa shape index (κ1) is 12.1. The van der Waals surface area contributed by atoms with Gasteiger partial charge >= 0.3 is 0 Å². The van der Waals surface area contributed by atoms with Crippen LogP contribution in [0.25, 0.3) is 0 Å². The smallest absolute Gasteiger partial charge is 0.217 e. The van der Waals surface area contributed by atoms with Crippen molar-refractivity contribution in [2.75, 3.05) is 0 Å². The average molecular weight is 233 g/mol. The second kappa shape index (κ2) is 5.82. The summed E-state index contributed by atoms with van der Waals surface area (Å²) in [4.78, 5) is 11.1. The second-order valence-electron chi connectivity index (χ2n) is 4.57. The van der Waals surface area contributed by atoms with Crippen LogP contribution in [0.1, 0.15) is 31.7 Å². The third kappa shape index (κ3) is 3.56. The van der Waals surface area contributed by atoms with Crippen LogP contribution in [0, 0.1) is 0 Å². The Labute approximate surface area is 102 Å². The lowest BCUT2D eigenvalue weighted by Crippen LogP contribution is -2.39. The fraction of sp³-hybridized carbons (Fsp3) is 0.500. The second-order valence-corrected chi connectivity index (χ2v) is 4.57. The Bertz CT molecular complexity index is 364. The Morgan fingerprint density at radius 3 is 2.82 bits per heavy atom. The van der Waals surface area contributed by atoms with Gasteiger partial charge < -0.3 is 10.1 Å². The van der Waals surface area contributed by atoms with E-state index in [0.29, 0.717) is 6.61 Å². The fourth-order valence-corrected chi connectivity index (χ4v) is 2.33. The first-order valence-electron chi connectivity index (χ1n) is 6.18. The van der Waals surface area contributed by atoms with E-state index in [0.717, 1.165) is 19.3 Å². The Hall–Kier alpha value is -1.35. The molecule has 0 aromatic heterocycles. The molecule has 1 saturated carbocycles. The van der Waals surface area contributed by atoms with E-state index >= 15 is 0 Å². The molecule has 0 spiro atoms. The SMILES string of the molecule is CC(=O)NC1CCCC1OCc1ccccc1. The van der Waals surface area contributed by atoms with E-state index in [2.05, 4.69) is 17.4 Å². The van der Waals surface area contributed by atoms with Crippen molar-refractivity contribution in [1.29, 1.82) is 0 Å². The molecule has 1 N–H and O–H groups in total. The number of rotatable bonds is 4. The van der Waals surface area contributed by atoms with E-state index < -0.39 is 0 Å². The maximum atomic E-state index is 11.1. The molecule has 0 aliphatic heterocycles. The van der Waals surface area contributed by atoms with Gasteiger partial charge in [0.05, 0.1) is 18.8 Å². The summed E-state index contributed by atoms with van der Waals surface area (Å²) in [5.74, 6) is 0.0326. The summed E-state index contributed by atoms with van der Waals surface area (Å²) in [6.45, 7) is 2.19. The Morgan fingerprint density at radius 2 is 2.12 bits per heavy atom. The Morgan fingerprint density at radius 1 is 1.35 bits per heavy atom. The summed E-state index contributed by atoms with van der Waals surface area (Å²) in [5.41, 5.74) is 1.18. The monoisotopic (exact) mass is 233 g/mol. The molecule has 1 aromatic carbocycles. The zero-order valence-electron chi connectivity index (χ0n) is 10.2. The van der Waals surface area contributed by atoms with Crippen molar-refractivity contribution in [2.24, 2.45) is 0 Å². The predicted molar refractivity (Wildman–Crippen MR) is 66.5 cm³/mol. The quantitative estimate of drug-likeness (QED) is 0.866. The van der Waals surface area contributed by atoms with Crippen molar-refractivity contribution >= 4 is 5.91 Å². The minimum atomic E-state index is 0.0326. The predicted octanol–water partition coefficient (Wildman–Crippen LogP) is 2.26. The van der Waals surface area contributed by atoms with Crippen molar-refractivity contribution in [2.45, 2.75) is 44.9 Å². The van der Waals surface area contributed by atoms with Gasteiger partial charge in [0.25, 0.3) is 0 Å². The highest BCUT2D eigenvalue weighted by atomic mass is 16.5. The van der Waals surface area contributed by atoms with Crippen LogP contribution in [0.15, 0.2) is 30.3 Å². The molecule has 1 aromatic rings. The summed E-state index contributed by atoms with van der Waals surface area (Å²) in [6, 6.07) is 10.3. The zero-order valence-corrected chi connectivity index (χ0v) is 10.2. The first-order valence-corrected chi connectivity index (χ1v) is 6.18. The topological polar surface area (TPSA) is 38.3 Å². The molecule has 2 unspecified atom stereocenters. The van der Waals surface area contributed by atoms with Crippen molar-refractivity contribution in [3.05, 3.63) is 35.9 Å². The maximum absolute atomic E-state index is 11.1. The maximum Gasteiger partial charge on any atom is 0.217 e. The molecule has 3 heteroatoms. The normalized spacial score (nSPS) is 23.6. The van der Waals surface area contributed by atoms with Crippen LogP contribution in [-0.2, 0) is 16.1 Å². The number of hydrogen-bond donors (Lipinski definition) is 1. The Balaban J connectivity index is 1.84. The van der Waals surface area contributed by atoms with Crippen LogP contribution in [-0.4, -0.2) is 18.1 Å². The van der Waals surface area contributed by atoms with Gasteiger partial charge in [-0.25, -0.2) is 0 Å². The molecule has 1 fully saturated rings. The lowest BCUT2D eigenvalue weighted by molar-refractivity contribution is -0.120. The highest BCUT2D eigenvalue weighted by Gasteiger charge is 2.28. The third-order valence-corrected chi connectivity index (χ3v) is 3.15. The van der Waals surface area contributed by atoms with Gasteiger partial charge in [0.1, 0.15) is 0 Å². The molecule has 2 rings (SSSR count). The molecule has 0 radical (unpaired) electrons. The van der Waals surface area contributed by atoms with Crippen LogP contribution in [0.2, 0.25) is 0 Å². The van der Waals surface area contributed by atoms with Crippen LogP contribution in [0.5, 0.6) is 0 Å². The standard InChI is InChI=1S/C14H19NO2/c1-11(16)15-13-8-5-9-14(13)17-10-12-6-3-2-4-7-12/h2-4,6-7,13-14H,5,8-10H2,1H3,(H,15,16). The molecule has 92 valence electrons. The van der Waals surface area contributed by atoms with E-state index in [9.17, 15) is 4.79 Å². The van der Waals surface area contributed by atoms with E-state index in [1.54, 1.807) is 6.92 Å². The molecule has 17 heavy (non-hydrogen) atoms.